The average Bonchev–Trinajstić information content (AvgIpc) is 2.49. The second-order valence-electron chi connectivity index (χ2n) is 5.25. The zero-order valence-corrected chi connectivity index (χ0v) is 13.4. The Bertz CT molecular complexity index is 601. The number of hydrogen-bond donors (Lipinski definition) is 1. The van der Waals surface area contributed by atoms with Crippen LogP contribution >= 0.6 is 23.2 Å². The summed E-state index contributed by atoms with van der Waals surface area (Å²) in [5, 5.41) is 15.0. The highest BCUT2D eigenvalue weighted by molar-refractivity contribution is 6.35. The second-order valence-corrected chi connectivity index (χ2v) is 6.10. The summed E-state index contributed by atoms with van der Waals surface area (Å²) in [6.45, 7) is 0.389. The number of benzene rings is 1. The lowest BCUT2D eigenvalue weighted by Gasteiger charge is -2.28. The zero-order valence-electron chi connectivity index (χ0n) is 11.9. The molecule has 2 rings (SSSR count). The van der Waals surface area contributed by atoms with Crippen molar-refractivity contribution in [3.05, 3.63) is 46.0 Å². The van der Waals surface area contributed by atoms with Gasteiger partial charge in [0.25, 0.3) is 0 Å². The predicted molar refractivity (Wildman–Crippen MR) is 83.5 cm³/mol. The van der Waals surface area contributed by atoms with Gasteiger partial charge in [-0.3, -0.25) is 4.79 Å². The normalized spacial score (nSPS) is 20.6. The van der Waals surface area contributed by atoms with Crippen molar-refractivity contribution in [1.29, 1.82) is 0 Å². The van der Waals surface area contributed by atoms with Gasteiger partial charge in [0.15, 0.2) is 0 Å². The molecular weight excluding hydrogens is 325 g/mol. The highest BCUT2D eigenvalue weighted by atomic mass is 35.5. The zero-order chi connectivity index (χ0) is 16.1. The third kappa shape index (κ3) is 4.24. The Morgan fingerprint density at radius 2 is 1.86 bits per heavy atom. The molecule has 0 radical (unpaired) electrons. The molecule has 1 aromatic carbocycles. The molecule has 0 saturated heterocycles. The molecule has 0 aromatic heterocycles. The van der Waals surface area contributed by atoms with Crippen LogP contribution in [-0.4, -0.2) is 18.4 Å². The molecular formula is C16H16Cl2NO3-. The summed E-state index contributed by atoms with van der Waals surface area (Å²) in [5.41, 5.74) is 0.881. The van der Waals surface area contributed by atoms with Gasteiger partial charge in [0, 0.05) is 34.4 Å². The third-order valence-electron chi connectivity index (χ3n) is 3.78. The molecule has 0 fully saturated rings. The minimum atomic E-state index is -1.18. The standard InChI is InChI=1S/C16H17Cl2NO3/c17-11-6-5-10(14(18)9-11)7-8-19-15(20)12-3-1-2-4-13(12)16(21)22/h1-2,5-6,9,12-13H,3-4,7-8H2,(H,19,20)(H,21,22)/p-1/t12-,13-/m1/s1. The number of carboxylic acid groups (broad SMARTS) is 1. The summed E-state index contributed by atoms with van der Waals surface area (Å²) in [4.78, 5) is 23.2. The smallest absolute Gasteiger partial charge is 0.224 e. The summed E-state index contributed by atoms with van der Waals surface area (Å²) in [6.07, 6.45) is 4.92. The number of halogens is 2. The van der Waals surface area contributed by atoms with E-state index in [-0.39, 0.29) is 5.91 Å². The van der Waals surface area contributed by atoms with Crippen molar-refractivity contribution >= 4 is 35.1 Å². The number of allylic oxidation sites excluding steroid dienone is 2. The van der Waals surface area contributed by atoms with Gasteiger partial charge in [-0.25, -0.2) is 0 Å². The van der Waals surface area contributed by atoms with Gasteiger partial charge in [0.1, 0.15) is 0 Å². The SMILES string of the molecule is O=C([O-])[C@@H]1CC=CC[C@H]1C(=O)NCCc1ccc(Cl)cc1Cl. The Hall–Kier alpha value is -1.52. The van der Waals surface area contributed by atoms with Crippen LogP contribution in [0.5, 0.6) is 0 Å². The van der Waals surface area contributed by atoms with Crippen LogP contribution in [-0.2, 0) is 16.0 Å². The first-order chi connectivity index (χ1) is 10.5. The lowest BCUT2D eigenvalue weighted by molar-refractivity contribution is -0.313. The molecule has 1 aliphatic carbocycles. The first-order valence-corrected chi connectivity index (χ1v) is 7.82. The fourth-order valence-electron chi connectivity index (χ4n) is 2.54. The van der Waals surface area contributed by atoms with Crippen molar-refractivity contribution in [2.45, 2.75) is 19.3 Å². The third-order valence-corrected chi connectivity index (χ3v) is 4.37. The highest BCUT2D eigenvalue weighted by Gasteiger charge is 2.29. The van der Waals surface area contributed by atoms with Crippen LogP contribution in [0.25, 0.3) is 0 Å². The van der Waals surface area contributed by atoms with Crippen LogP contribution < -0.4 is 10.4 Å². The quantitative estimate of drug-likeness (QED) is 0.833. The molecule has 1 N–H and O–H groups in total. The fourth-order valence-corrected chi connectivity index (χ4v) is 3.04. The van der Waals surface area contributed by atoms with E-state index in [2.05, 4.69) is 5.32 Å². The van der Waals surface area contributed by atoms with Crippen molar-refractivity contribution < 1.29 is 14.7 Å². The van der Waals surface area contributed by atoms with E-state index >= 15 is 0 Å². The molecule has 1 aliphatic rings. The summed E-state index contributed by atoms with van der Waals surface area (Å²) >= 11 is 11.9. The van der Waals surface area contributed by atoms with Gasteiger partial charge < -0.3 is 15.2 Å². The number of hydrogen-bond acceptors (Lipinski definition) is 3. The van der Waals surface area contributed by atoms with Crippen molar-refractivity contribution in [3.63, 3.8) is 0 Å². The number of carboxylic acids is 1. The Morgan fingerprint density at radius 1 is 1.18 bits per heavy atom. The molecule has 6 heteroatoms. The minimum Gasteiger partial charge on any atom is -0.550 e. The minimum absolute atomic E-state index is 0.261. The van der Waals surface area contributed by atoms with E-state index in [1.54, 1.807) is 18.2 Å². The number of nitrogens with one attached hydrogen (secondary N) is 1. The number of carbonyl (C=O) groups is 2. The lowest BCUT2D eigenvalue weighted by Crippen LogP contribution is -2.44. The molecule has 2 atom stereocenters. The van der Waals surface area contributed by atoms with Crippen LogP contribution in [0.3, 0.4) is 0 Å². The van der Waals surface area contributed by atoms with Crippen LogP contribution in [0.2, 0.25) is 10.0 Å². The van der Waals surface area contributed by atoms with Gasteiger partial charge in [-0.05, 0) is 37.0 Å². The second kappa shape index (κ2) is 7.65. The number of aliphatic carboxylic acids is 1. The number of rotatable bonds is 5. The Labute approximate surface area is 139 Å². The van der Waals surface area contributed by atoms with E-state index in [4.69, 9.17) is 23.2 Å². The van der Waals surface area contributed by atoms with Gasteiger partial charge in [-0.15, -0.1) is 0 Å². The van der Waals surface area contributed by atoms with E-state index in [1.807, 2.05) is 12.1 Å². The van der Waals surface area contributed by atoms with Crippen LogP contribution in [0.1, 0.15) is 18.4 Å². The van der Waals surface area contributed by atoms with Gasteiger partial charge >= 0.3 is 0 Å². The maximum atomic E-state index is 12.2. The molecule has 0 unspecified atom stereocenters. The number of carbonyl (C=O) groups excluding carboxylic acids is 2. The summed E-state index contributed by atoms with van der Waals surface area (Å²) < 4.78 is 0. The summed E-state index contributed by atoms with van der Waals surface area (Å²) in [5.74, 6) is -2.77. The molecule has 0 spiro atoms. The lowest BCUT2D eigenvalue weighted by atomic mass is 9.82. The van der Waals surface area contributed by atoms with E-state index in [0.717, 1.165) is 5.56 Å². The molecule has 0 aliphatic heterocycles. The molecule has 118 valence electrons. The molecule has 1 aromatic rings. The van der Waals surface area contributed by atoms with Crippen LogP contribution in [0.4, 0.5) is 0 Å². The average molecular weight is 341 g/mol. The van der Waals surface area contributed by atoms with Crippen molar-refractivity contribution in [2.24, 2.45) is 11.8 Å². The Kier molecular flexibility index (Phi) is 5.86. The van der Waals surface area contributed by atoms with Crippen LogP contribution in [0, 0.1) is 11.8 Å². The molecule has 4 nitrogen and oxygen atoms in total. The van der Waals surface area contributed by atoms with Gasteiger partial charge in [0.05, 0.1) is 0 Å². The topological polar surface area (TPSA) is 69.2 Å². The largest absolute Gasteiger partial charge is 0.550 e. The van der Waals surface area contributed by atoms with E-state index in [9.17, 15) is 14.7 Å². The van der Waals surface area contributed by atoms with Crippen LogP contribution in [0.15, 0.2) is 30.4 Å². The number of amides is 1. The molecule has 0 saturated carbocycles. The maximum absolute atomic E-state index is 12.2. The summed E-state index contributed by atoms with van der Waals surface area (Å²) in [7, 11) is 0. The van der Waals surface area contributed by atoms with Crippen molar-refractivity contribution in [1.82, 2.24) is 5.32 Å². The van der Waals surface area contributed by atoms with Crippen molar-refractivity contribution in [2.75, 3.05) is 6.54 Å². The Morgan fingerprint density at radius 3 is 2.50 bits per heavy atom. The molecule has 1 amide bonds. The van der Waals surface area contributed by atoms with Crippen molar-refractivity contribution in [3.8, 4) is 0 Å². The highest BCUT2D eigenvalue weighted by Crippen LogP contribution is 2.25. The monoisotopic (exact) mass is 340 g/mol. The molecule has 0 bridgehead atoms. The molecule has 0 heterocycles. The first-order valence-electron chi connectivity index (χ1n) is 7.06. The maximum Gasteiger partial charge on any atom is 0.224 e. The summed E-state index contributed by atoms with van der Waals surface area (Å²) in [6, 6.07) is 5.20. The first kappa shape index (κ1) is 16.8. The van der Waals surface area contributed by atoms with E-state index in [0.29, 0.717) is 35.9 Å². The molecule has 22 heavy (non-hydrogen) atoms. The fraction of sp³-hybridized carbons (Fsp3) is 0.375. The van der Waals surface area contributed by atoms with E-state index in [1.165, 1.54) is 0 Å². The van der Waals surface area contributed by atoms with E-state index < -0.39 is 17.8 Å². The van der Waals surface area contributed by atoms with Gasteiger partial charge in [0.2, 0.25) is 5.91 Å². The Balaban J connectivity index is 1.89. The van der Waals surface area contributed by atoms with Gasteiger partial charge in [-0.2, -0.15) is 0 Å². The predicted octanol–water partition coefficient (Wildman–Crippen LogP) is 1.98. The van der Waals surface area contributed by atoms with Gasteiger partial charge in [-0.1, -0.05) is 41.4 Å².